The summed E-state index contributed by atoms with van der Waals surface area (Å²) in [6.07, 6.45) is 0.987. The van der Waals surface area contributed by atoms with Crippen LogP contribution in [-0.4, -0.2) is 50.5 Å². The molecular weight excluding hydrogens is 481 g/mol. The Morgan fingerprint density at radius 2 is 1.76 bits per heavy atom. The first-order chi connectivity index (χ1) is 15.8. The molecule has 186 valence electrons. The summed E-state index contributed by atoms with van der Waals surface area (Å²) < 4.78 is 40.6. The lowest BCUT2D eigenvalue weighted by Crippen LogP contribution is -2.51. The van der Waals surface area contributed by atoms with Gasteiger partial charge in [-0.05, 0) is 43.5 Å². The van der Waals surface area contributed by atoms with E-state index in [9.17, 15) is 22.4 Å². The van der Waals surface area contributed by atoms with Gasteiger partial charge in [-0.2, -0.15) is 0 Å². The first-order valence-corrected chi connectivity index (χ1v) is 13.1. The number of nitrogens with one attached hydrogen (secondary N) is 1. The first kappa shape index (κ1) is 27.6. The van der Waals surface area contributed by atoms with Gasteiger partial charge in [0, 0.05) is 23.7 Å². The van der Waals surface area contributed by atoms with E-state index in [-0.39, 0.29) is 23.7 Å². The molecule has 0 radical (unpaired) electrons. The fourth-order valence-electron chi connectivity index (χ4n) is 3.29. The van der Waals surface area contributed by atoms with Gasteiger partial charge < -0.3 is 10.2 Å². The molecule has 0 bridgehead atoms. The zero-order chi connectivity index (χ0) is 25.6. The minimum absolute atomic E-state index is 0.193. The highest BCUT2D eigenvalue weighted by Gasteiger charge is 2.31. The Kier molecular flexibility index (Phi) is 9.46. The molecule has 0 unspecified atom stereocenters. The van der Waals surface area contributed by atoms with Gasteiger partial charge in [-0.1, -0.05) is 49.7 Å². The van der Waals surface area contributed by atoms with Crippen LogP contribution in [0.25, 0.3) is 0 Å². The third kappa shape index (κ3) is 7.43. The molecule has 0 aliphatic rings. The molecule has 0 aliphatic carbocycles. The molecule has 10 heteroatoms. The van der Waals surface area contributed by atoms with Crippen molar-refractivity contribution < 1.29 is 22.4 Å². The summed E-state index contributed by atoms with van der Waals surface area (Å²) in [5, 5.41) is 3.08. The van der Waals surface area contributed by atoms with Gasteiger partial charge in [0.05, 0.1) is 11.9 Å². The molecule has 0 fully saturated rings. The number of aryl methyl sites for hydroxylation is 1. The van der Waals surface area contributed by atoms with Gasteiger partial charge in [-0.25, -0.2) is 12.8 Å². The van der Waals surface area contributed by atoms with E-state index in [1.807, 2.05) is 13.8 Å². The third-order valence-corrected chi connectivity index (χ3v) is 6.63. The summed E-state index contributed by atoms with van der Waals surface area (Å²) in [5.41, 5.74) is 1.07. The highest BCUT2D eigenvalue weighted by Crippen LogP contribution is 2.27. The fourth-order valence-corrected chi connectivity index (χ4v) is 4.36. The number of rotatable bonds is 10. The van der Waals surface area contributed by atoms with E-state index < -0.39 is 40.2 Å². The molecular formula is C24H31ClFN3O4S. The van der Waals surface area contributed by atoms with Crippen LogP contribution in [0.3, 0.4) is 0 Å². The molecule has 0 aliphatic heterocycles. The van der Waals surface area contributed by atoms with Crippen molar-refractivity contribution in [3.63, 3.8) is 0 Å². The Bertz CT molecular complexity index is 1140. The van der Waals surface area contributed by atoms with Gasteiger partial charge in [0.15, 0.2) is 0 Å². The number of hydrogen-bond donors (Lipinski definition) is 1. The Balaban J connectivity index is 2.43. The fraction of sp³-hybridized carbons (Fsp3) is 0.417. The molecule has 2 aromatic rings. The summed E-state index contributed by atoms with van der Waals surface area (Å²) in [6.45, 7) is 6.73. The van der Waals surface area contributed by atoms with Crippen LogP contribution in [0.1, 0.15) is 31.9 Å². The SMILES string of the molecule is Cc1ccc(Cl)cc1N(CC(=O)N(Cc1ccccc1F)[C@H](C)C(=O)NCC(C)C)S(C)(=O)=O. The van der Waals surface area contributed by atoms with Crippen molar-refractivity contribution in [1.29, 1.82) is 0 Å². The van der Waals surface area contributed by atoms with Crippen LogP contribution in [0, 0.1) is 18.7 Å². The number of benzene rings is 2. The van der Waals surface area contributed by atoms with Crippen molar-refractivity contribution in [2.75, 3.05) is 23.7 Å². The summed E-state index contributed by atoms with van der Waals surface area (Å²) >= 11 is 6.08. The Labute approximate surface area is 205 Å². The molecule has 0 saturated heterocycles. The van der Waals surface area contributed by atoms with Crippen molar-refractivity contribution in [2.45, 2.75) is 40.3 Å². The van der Waals surface area contributed by atoms with E-state index in [2.05, 4.69) is 5.32 Å². The quantitative estimate of drug-likeness (QED) is 0.526. The molecule has 0 spiro atoms. The number of sulfonamides is 1. The zero-order valence-electron chi connectivity index (χ0n) is 20.0. The second-order valence-electron chi connectivity index (χ2n) is 8.63. The minimum Gasteiger partial charge on any atom is -0.354 e. The standard InChI is InChI=1S/C24H31ClFN3O4S/c1-16(2)13-27-24(31)18(4)28(14-19-8-6-7-9-21(19)26)23(30)15-29(34(5,32)33)22-12-20(25)11-10-17(22)3/h6-12,16,18H,13-15H2,1-5H3,(H,27,31)/t18-/m1/s1. The molecule has 0 aromatic heterocycles. The summed E-state index contributed by atoms with van der Waals surface area (Å²) in [6, 6.07) is 9.70. The lowest BCUT2D eigenvalue weighted by molar-refractivity contribution is -0.139. The molecule has 2 aromatic carbocycles. The number of carbonyl (C=O) groups excluding carboxylic acids is 2. The lowest BCUT2D eigenvalue weighted by Gasteiger charge is -2.32. The van der Waals surface area contributed by atoms with Crippen molar-refractivity contribution in [3.05, 3.63) is 64.4 Å². The van der Waals surface area contributed by atoms with Gasteiger partial charge >= 0.3 is 0 Å². The minimum atomic E-state index is -3.88. The smallest absolute Gasteiger partial charge is 0.244 e. The van der Waals surface area contributed by atoms with E-state index in [0.717, 1.165) is 10.6 Å². The number of carbonyl (C=O) groups is 2. The summed E-state index contributed by atoms with van der Waals surface area (Å²) in [5.74, 6) is -1.40. The van der Waals surface area contributed by atoms with Crippen LogP contribution in [0.2, 0.25) is 5.02 Å². The van der Waals surface area contributed by atoms with Gasteiger partial charge in [0.2, 0.25) is 21.8 Å². The third-order valence-electron chi connectivity index (χ3n) is 5.27. The van der Waals surface area contributed by atoms with E-state index >= 15 is 0 Å². The van der Waals surface area contributed by atoms with E-state index in [4.69, 9.17) is 11.6 Å². The summed E-state index contributed by atoms with van der Waals surface area (Å²) in [7, 11) is -3.88. The van der Waals surface area contributed by atoms with Gasteiger partial charge in [0.1, 0.15) is 18.4 Å². The van der Waals surface area contributed by atoms with Gasteiger partial charge in [-0.3, -0.25) is 13.9 Å². The number of hydrogen-bond acceptors (Lipinski definition) is 4. The largest absolute Gasteiger partial charge is 0.354 e. The van der Waals surface area contributed by atoms with Crippen LogP contribution in [0.4, 0.5) is 10.1 Å². The highest BCUT2D eigenvalue weighted by atomic mass is 35.5. The molecule has 1 N–H and O–H groups in total. The normalized spacial score (nSPS) is 12.4. The average Bonchev–Trinajstić information content (AvgIpc) is 2.75. The Hall–Kier alpha value is -2.65. The van der Waals surface area contributed by atoms with E-state index in [1.165, 1.54) is 36.1 Å². The maximum atomic E-state index is 14.4. The molecule has 34 heavy (non-hydrogen) atoms. The molecule has 2 amide bonds. The maximum Gasteiger partial charge on any atom is 0.244 e. The zero-order valence-corrected chi connectivity index (χ0v) is 21.6. The highest BCUT2D eigenvalue weighted by molar-refractivity contribution is 7.92. The predicted molar refractivity (Wildman–Crippen MR) is 133 cm³/mol. The van der Waals surface area contributed by atoms with Crippen molar-refractivity contribution in [2.24, 2.45) is 5.92 Å². The Morgan fingerprint density at radius 3 is 2.35 bits per heavy atom. The van der Waals surface area contributed by atoms with Gasteiger partial charge in [0.25, 0.3) is 0 Å². The van der Waals surface area contributed by atoms with Crippen molar-refractivity contribution in [1.82, 2.24) is 10.2 Å². The van der Waals surface area contributed by atoms with E-state index in [1.54, 1.807) is 25.1 Å². The number of halogens is 2. The van der Waals surface area contributed by atoms with E-state index in [0.29, 0.717) is 17.1 Å². The van der Waals surface area contributed by atoms with Crippen LogP contribution in [-0.2, 0) is 26.2 Å². The van der Waals surface area contributed by atoms with Crippen LogP contribution in [0.15, 0.2) is 42.5 Å². The second-order valence-corrected chi connectivity index (χ2v) is 11.0. The number of nitrogens with zero attached hydrogens (tertiary/aromatic N) is 2. The van der Waals surface area contributed by atoms with Crippen LogP contribution >= 0.6 is 11.6 Å². The van der Waals surface area contributed by atoms with Crippen LogP contribution in [0.5, 0.6) is 0 Å². The predicted octanol–water partition coefficient (Wildman–Crippen LogP) is 3.74. The number of anilines is 1. The second kappa shape index (κ2) is 11.7. The van der Waals surface area contributed by atoms with Crippen molar-refractivity contribution >= 4 is 39.1 Å². The average molecular weight is 512 g/mol. The molecule has 7 nitrogen and oxygen atoms in total. The van der Waals surface area contributed by atoms with Crippen molar-refractivity contribution in [3.8, 4) is 0 Å². The summed E-state index contributed by atoms with van der Waals surface area (Å²) in [4.78, 5) is 27.4. The van der Waals surface area contributed by atoms with Crippen LogP contribution < -0.4 is 9.62 Å². The molecule has 1 atom stereocenters. The molecule has 2 rings (SSSR count). The molecule has 0 saturated carbocycles. The lowest BCUT2D eigenvalue weighted by atomic mass is 10.1. The topological polar surface area (TPSA) is 86.8 Å². The first-order valence-electron chi connectivity index (χ1n) is 10.9. The van der Waals surface area contributed by atoms with Gasteiger partial charge in [-0.15, -0.1) is 0 Å². The Morgan fingerprint density at radius 1 is 1.12 bits per heavy atom. The molecule has 0 heterocycles. The number of amides is 2. The maximum absolute atomic E-state index is 14.4. The monoisotopic (exact) mass is 511 g/mol.